The van der Waals surface area contributed by atoms with Gasteiger partial charge in [0.25, 0.3) is 0 Å². The number of aromatic nitrogens is 2. The molecule has 1 heterocycles. The second-order valence-corrected chi connectivity index (χ2v) is 6.24. The summed E-state index contributed by atoms with van der Waals surface area (Å²) in [6, 6.07) is 2.34. The summed E-state index contributed by atoms with van der Waals surface area (Å²) in [6.45, 7) is 4.28. The highest BCUT2D eigenvalue weighted by molar-refractivity contribution is 5.85. The molecule has 4 heteroatoms. The molecule has 118 valence electrons. The molecule has 1 aromatic heterocycles. The Labute approximate surface area is 127 Å². The Morgan fingerprint density at radius 3 is 2.76 bits per heavy atom. The van der Waals surface area contributed by atoms with Crippen molar-refractivity contribution in [2.24, 2.45) is 5.92 Å². The molecule has 1 fully saturated rings. The lowest BCUT2D eigenvalue weighted by Crippen LogP contribution is -2.34. The fraction of sp³-hybridized carbons (Fsp3) is 0.765. The van der Waals surface area contributed by atoms with Gasteiger partial charge in [-0.3, -0.25) is 9.48 Å². The van der Waals surface area contributed by atoms with E-state index in [1.807, 2.05) is 16.9 Å². The lowest BCUT2D eigenvalue weighted by atomic mass is 9.83. The average molecular weight is 292 g/mol. The van der Waals surface area contributed by atoms with Gasteiger partial charge in [-0.25, -0.2) is 0 Å². The summed E-state index contributed by atoms with van der Waals surface area (Å²) in [4.78, 5) is 12.5. The van der Waals surface area contributed by atoms with Gasteiger partial charge < -0.3 is 4.74 Å². The van der Waals surface area contributed by atoms with Crippen molar-refractivity contribution < 1.29 is 9.53 Å². The standard InChI is InChI=1S/C17H28N2O2/c1-4-13(2)19-11-10-15(18-19)12-16(20)17(21-3)14-8-6-5-7-9-14/h10-11,13-14,17H,4-9,12H2,1-3H3. The van der Waals surface area contributed by atoms with Crippen LogP contribution in [0.3, 0.4) is 0 Å². The Bertz CT molecular complexity index is 449. The van der Waals surface area contributed by atoms with Gasteiger partial charge in [0, 0.05) is 19.3 Å². The van der Waals surface area contributed by atoms with E-state index in [2.05, 4.69) is 18.9 Å². The molecule has 0 aromatic carbocycles. The molecular weight excluding hydrogens is 264 g/mol. The lowest BCUT2D eigenvalue weighted by Gasteiger charge is -2.28. The number of ketones is 1. The van der Waals surface area contributed by atoms with Crippen LogP contribution in [0.5, 0.6) is 0 Å². The maximum Gasteiger partial charge on any atom is 0.167 e. The predicted octanol–water partition coefficient (Wildman–Crippen LogP) is 3.56. The molecule has 2 unspecified atom stereocenters. The molecule has 2 rings (SSSR count). The van der Waals surface area contributed by atoms with E-state index in [1.165, 1.54) is 19.3 Å². The van der Waals surface area contributed by atoms with Crippen LogP contribution in [0.15, 0.2) is 12.3 Å². The predicted molar refractivity (Wildman–Crippen MR) is 83.3 cm³/mol. The van der Waals surface area contributed by atoms with E-state index in [0.29, 0.717) is 18.4 Å². The van der Waals surface area contributed by atoms with E-state index in [1.54, 1.807) is 7.11 Å². The van der Waals surface area contributed by atoms with E-state index in [9.17, 15) is 4.79 Å². The fourth-order valence-corrected chi connectivity index (χ4v) is 3.21. The Hall–Kier alpha value is -1.16. The topological polar surface area (TPSA) is 44.1 Å². The van der Waals surface area contributed by atoms with Crippen LogP contribution >= 0.6 is 0 Å². The van der Waals surface area contributed by atoms with Gasteiger partial charge in [-0.2, -0.15) is 5.10 Å². The molecule has 0 N–H and O–H groups in total. The zero-order valence-electron chi connectivity index (χ0n) is 13.5. The summed E-state index contributed by atoms with van der Waals surface area (Å²) in [7, 11) is 1.66. The molecule has 1 aliphatic carbocycles. The molecule has 0 saturated heterocycles. The molecule has 1 saturated carbocycles. The number of methoxy groups -OCH3 is 1. The second-order valence-electron chi connectivity index (χ2n) is 6.24. The van der Waals surface area contributed by atoms with Crippen molar-refractivity contribution in [1.29, 1.82) is 0 Å². The normalized spacial score (nSPS) is 19.4. The summed E-state index contributed by atoms with van der Waals surface area (Å²) in [5, 5.41) is 4.52. The minimum absolute atomic E-state index is 0.179. The summed E-state index contributed by atoms with van der Waals surface area (Å²) in [5.74, 6) is 0.576. The van der Waals surface area contributed by atoms with Crippen molar-refractivity contribution in [2.75, 3.05) is 7.11 Å². The molecule has 21 heavy (non-hydrogen) atoms. The highest BCUT2D eigenvalue weighted by Crippen LogP contribution is 2.28. The van der Waals surface area contributed by atoms with Crippen molar-refractivity contribution in [3.05, 3.63) is 18.0 Å². The van der Waals surface area contributed by atoms with Gasteiger partial charge in [0.2, 0.25) is 0 Å². The third-order valence-electron chi connectivity index (χ3n) is 4.71. The number of Topliss-reactive ketones (excluding diaryl/α,β-unsaturated/α-hetero) is 1. The van der Waals surface area contributed by atoms with Gasteiger partial charge in [-0.15, -0.1) is 0 Å². The van der Waals surface area contributed by atoms with Crippen LogP contribution in [-0.2, 0) is 16.0 Å². The first-order chi connectivity index (χ1) is 10.2. The van der Waals surface area contributed by atoms with Crippen LogP contribution in [0.25, 0.3) is 0 Å². The third kappa shape index (κ3) is 4.16. The molecule has 0 aliphatic heterocycles. The molecule has 4 nitrogen and oxygen atoms in total. The maximum atomic E-state index is 12.5. The highest BCUT2D eigenvalue weighted by atomic mass is 16.5. The number of carbonyl (C=O) groups is 1. The van der Waals surface area contributed by atoms with Crippen molar-refractivity contribution in [3.63, 3.8) is 0 Å². The number of nitrogens with zero attached hydrogens (tertiary/aromatic N) is 2. The highest BCUT2D eigenvalue weighted by Gasteiger charge is 2.29. The first-order valence-corrected chi connectivity index (χ1v) is 8.25. The molecule has 1 aromatic rings. The van der Waals surface area contributed by atoms with Gasteiger partial charge in [0.1, 0.15) is 6.10 Å². The van der Waals surface area contributed by atoms with Gasteiger partial charge >= 0.3 is 0 Å². The van der Waals surface area contributed by atoms with Crippen LogP contribution in [-0.4, -0.2) is 28.8 Å². The number of rotatable bonds is 7. The van der Waals surface area contributed by atoms with E-state index in [4.69, 9.17) is 4.74 Å². The zero-order valence-corrected chi connectivity index (χ0v) is 13.5. The molecule has 0 radical (unpaired) electrons. The van der Waals surface area contributed by atoms with Crippen molar-refractivity contribution >= 4 is 5.78 Å². The van der Waals surface area contributed by atoms with Crippen molar-refractivity contribution in [2.45, 2.75) is 70.9 Å². The van der Waals surface area contributed by atoms with Gasteiger partial charge in [0.15, 0.2) is 5.78 Å². The third-order valence-corrected chi connectivity index (χ3v) is 4.71. The minimum atomic E-state index is -0.251. The molecule has 0 bridgehead atoms. The summed E-state index contributed by atoms with van der Waals surface area (Å²) in [6.07, 6.45) is 9.12. The van der Waals surface area contributed by atoms with Gasteiger partial charge in [0.05, 0.1) is 12.1 Å². The van der Waals surface area contributed by atoms with Gasteiger partial charge in [-0.05, 0) is 38.2 Å². The first-order valence-electron chi connectivity index (χ1n) is 8.25. The SMILES string of the molecule is CCC(C)n1ccc(CC(=O)C(OC)C2CCCCC2)n1. The molecule has 2 atom stereocenters. The average Bonchev–Trinajstić information content (AvgIpc) is 2.96. The van der Waals surface area contributed by atoms with E-state index in [0.717, 1.165) is 25.0 Å². The van der Waals surface area contributed by atoms with Crippen molar-refractivity contribution in [3.8, 4) is 0 Å². The Balaban J connectivity index is 1.96. The Morgan fingerprint density at radius 2 is 2.14 bits per heavy atom. The minimum Gasteiger partial charge on any atom is -0.373 e. The zero-order chi connectivity index (χ0) is 15.2. The molecule has 1 aliphatic rings. The van der Waals surface area contributed by atoms with Crippen LogP contribution in [0.2, 0.25) is 0 Å². The van der Waals surface area contributed by atoms with Crippen LogP contribution in [0.4, 0.5) is 0 Å². The van der Waals surface area contributed by atoms with Gasteiger partial charge in [-0.1, -0.05) is 26.2 Å². The molecular formula is C17H28N2O2. The smallest absolute Gasteiger partial charge is 0.167 e. The van der Waals surface area contributed by atoms with E-state index < -0.39 is 0 Å². The quantitative estimate of drug-likeness (QED) is 0.772. The van der Waals surface area contributed by atoms with Crippen molar-refractivity contribution in [1.82, 2.24) is 9.78 Å². The molecule has 0 spiro atoms. The van der Waals surface area contributed by atoms with E-state index >= 15 is 0 Å². The van der Waals surface area contributed by atoms with Crippen LogP contribution < -0.4 is 0 Å². The maximum absolute atomic E-state index is 12.5. The van der Waals surface area contributed by atoms with E-state index in [-0.39, 0.29) is 11.9 Å². The lowest BCUT2D eigenvalue weighted by molar-refractivity contribution is -0.132. The summed E-state index contributed by atoms with van der Waals surface area (Å²) < 4.78 is 7.46. The summed E-state index contributed by atoms with van der Waals surface area (Å²) in [5.41, 5.74) is 0.859. The Morgan fingerprint density at radius 1 is 1.43 bits per heavy atom. The largest absolute Gasteiger partial charge is 0.373 e. The summed E-state index contributed by atoms with van der Waals surface area (Å²) >= 11 is 0. The molecule has 0 amide bonds. The number of ether oxygens (including phenoxy) is 1. The first kappa shape index (κ1) is 16.2. The fourth-order valence-electron chi connectivity index (χ4n) is 3.21. The van der Waals surface area contributed by atoms with Crippen LogP contribution in [0.1, 0.15) is 64.1 Å². The number of hydrogen-bond acceptors (Lipinski definition) is 3. The number of hydrogen-bond donors (Lipinski definition) is 0. The monoisotopic (exact) mass is 292 g/mol. The van der Waals surface area contributed by atoms with Crippen LogP contribution in [0, 0.1) is 5.92 Å². The second kappa shape index (κ2) is 7.74. The Kier molecular flexibility index (Phi) is 5.97. The number of carbonyl (C=O) groups excluding carboxylic acids is 1.